The maximum atomic E-state index is 12.1. The first-order chi connectivity index (χ1) is 9.58. The van der Waals surface area contributed by atoms with Crippen LogP contribution in [0.25, 0.3) is 11.1 Å². The molecule has 0 bridgehead atoms. The van der Waals surface area contributed by atoms with Crippen molar-refractivity contribution < 1.29 is 9.90 Å². The van der Waals surface area contributed by atoms with Crippen LogP contribution >= 0.6 is 0 Å². The Hall–Kier alpha value is -2.09. The Morgan fingerprint density at radius 1 is 1.10 bits per heavy atom. The van der Waals surface area contributed by atoms with Crippen molar-refractivity contribution in [3.8, 4) is 16.9 Å². The summed E-state index contributed by atoms with van der Waals surface area (Å²) >= 11 is 0. The quantitative estimate of drug-likeness (QED) is 0.828. The number of carbonyl (C=O) groups is 1. The van der Waals surface area contributed by atoms with E-state index in [9.17, 15) is 9.90 Å². The van der Waals surface area contributed by atoms with Gasteiger partial charge >= 0.3 is 0 Å². The lowest BCUT2D eigenvalue weighted by Gasteiger charge is -2.13. The molecule has 2 heteroatoms. The number of aryl methyl sites for hydroxylation is 2. The van der Waals surface area contributed by atoms with E-state index in [1.807, 2.05) is 51.1 Å². The molecule has 0 spiro atoms. The van der Waals surface area contributed by atoms with E-state index in [0.717, 1.165) is 34.2 Å². The maximum absolute atomic E-state index is 12.1. The molecule has 2 aromatic carbocycles. The average Bonchev–Trinajstić information content (AvgIpc) is 2.48. The third-order valence-electron chi connectivity index (χ3n) is 3.65. The second-order valence-corrected chi connectivity index (χ2v) is 4.97. The summed E-state index contributed by atoms with van der Waals surface area (Å²) in [6.45, 7) is 5.90. The van der Waals surface area contributed by atoms with Gasteiger partial charge in [-0.15, -0.1) is 0 Å². The molecule has 2 nitrogen and oxygen atoms in total. The monoisotopic (exact) mass is 268 g/mol. The van der Waals surface area contributed by atoms with Gasteiger partial charge in [0.05, 0.1) is 0 Å². The molecule has 0 aromatic heterocycles. The zero-order chi connectivity index (χ0) is 14.7. The number of carbonyl (C=O) groups excluding carboxylic acids is 1. The van der Waals surface area contributed by atoms with Crippen LogP contribution in [0.4, 0.5) is 0 Å². The van der Waals surface area contributed by atoms with Gasteiger partial charge in [0.25, 0.3) is 0 Å². The molecule has 0 amide bonds. The fourth-order valence-electron chi connectivity index (χ4n) is 2.48. The Labute approximate surface area is 120 Å². The second-order valence-electron chi connectivity index (χ2n) is 4.97. The number of hydrogen-bond acceptors (Lipinski definition) is 2. The van der Waals surface area contributed by atoms with Crippen molar-refractivity contribution in [1.82, 2.24) is 0 Å². The molecule has 0 aliphatic rings. The van der Waals surface area contributed by atoms with Crippen molar-refractivity contribution in [2.75, 3.05) is 0 Å². The normalized spacial score (nSPS) is 10.6. The number of phenols is 1. The van der Waals surface area contributed by atoms with Crippen LogP contribution in [0.3, 0.4) is 0 Å². The van der Waals surface area contributed by atoms with E-state index in [1.165, 1.54) is 0 Å². The molecule has 0 atom stereocenters. The molecule has 1 N–H and O–H groups in total. The van der Waals surface area contributed by atoms with Crippen LogP contribution < -0.4 is 0 Å². The molecule has 0 radical (unpaired) electrons. The average molecular weight is 268 g/mol. The molecule has 0 fully saturated rings. The van der Waals surface area contributed by atoms with E-state index in [0.29, 0.717) is 12.2 Å². The standard InChI is InChI=1S/C18H20O2/c1-4-13-10-12(3)16(11-18(13)20)14-8-6-7-9-15(14)17(19)5-2/h6-11,20H,4-5H2,1-3H3. The summed E-state index contributed by atoms with van der Waals surface area (Å²) in [6, 6.07) is 11.4. The number of Topliss-reactive ketones (excluding diaryl/α,β-unsaturated/α-hetero) is 1. The van der Waals surface area contributed by atoms with Crippen molar-refractivity contribution in [1.29, 1.82) is 0 Å². The number of benzene rings is 2. The van der Waals surface area contributed by atoms with Gasteiger partial charge in [0, 0.05) is 12.0 Å². The van der Waals surface area contributed by atoms with E-state index in [-0.39, 0.29) is 5.78 Å². The predicted molar refractivity (Wildman–Crippen MR) is 82.3 cm³/mol. The minimum atomic E-state index is 0.124. The highest BCUT2D eigenvalue weighted by molar-refractivity contribution is 6.02. The summed E-state index contributed by atoms with van der Waals surface area (Å²) in [6.07, 6.45) is 1.28. The molecule has 0 saturated carbocycles. The van der Waals surface area contributed by atoms with Gasteiger partial charge in [-0.3, -0.25) is 4.79 Å². The van der Waals surface area contributed by atoms with Crippen molar-refractivity contribution in [3.05, 3.63) is 53.1 Å². The minimum Gasteiger partial charge on any atom is -0.508 e. The molecule has 0 saturated heterocycles. The number of aromatic hydroxyl groups is 1. The Balaban J connectivity index is 2.63. The van der Waals surface area contributed by atoms with Gasteiger partial charge in [-0.25, -0.2) is 0 Å². The Morgan fingerprint density at radius 2 is 1.80 bits per heavy atom. The smallest absolute Gasteiger partial charge is 0.163 e. The van der Waals surface area contributed by atoms with Crippen LogP contribution in [0.1, 0.15) is 41.8 Å². The highest BCUT2D eigenvalue weighted by Gasteiger charge is 2.14. The zero-order valence-electron chi connectivity index (χ0n) is 12.2. The summed E-state index contributed by atoms with van der Waals surface area (Å²) in [5, 5.41) is 10.1. The first kappa shape index (κ1) is 14.3. The fourth-order valence-corrected chi connectivity index (χ4v) is 2.48. The van der Waals surface area contributed by atoms with Crippen molar-refractivity contribution >= 4 is 5.78 Å². The van der Waals surface area contributed by atoms with Gasteiger partial charge in [0.15, 0.2) is 5.78 Å². The molecule has 0 unspecified atom stereocenters. The summed E-state index contributed by atoms with van der Waals surface area (Å²) in [4.78, 5) is 12.1. The van der Waals surface area contributed by atoms with Gasteiger partial charge < -0.3 is 5.11 Å². The molecule has 0 aliphatic heterocycles. The van der Waals surface area contributed by atoms with Gasteiger partial charge in [-0.05, 0) is 41.7 Å². The zero-order valence-corrected chi connectivity index (χ0v) is 12.2. The third kappa shape index (κ3) is 2.60. The maximum Gasteiger partial charge on any atom is 0.163 e. The first-order valence-corrected chi connectivity index (χ1v) is 7.03. The number of rotatable bonds is 4. The van der Waals surface area contributed by atoms with Crippen LogP contribution in [0, 0.1) is 6.92 Å². The number of hydrogen-bond donors (Lipinski definition) is 1. The molecule has 2 aromatic rings. The van der Waals surface area contributed by atoms with Gasteiger partial charge in [-0.1, -0.05) is 44.2 Å². The molecule has 2 rings (SSSR count). The van der Waals surface area contributed by atoms with E-state index in [1.54, 1.807) is 6.07 Å². The lowest BCUT2D eigenvalue weighted by atomic mass is 9.91. The molecule has 20 heavy (non-hydrogen) atoms. The summed E-state index contributed by atoms with van der Waals surface area (Å²) in [5.41, 5.74) is 4.57. The molecular formula is C18H20O2. The fraction of sp³-hybridized carbons (Fsp3) is 0.278. The van der Waals surface area contributed by atoms with Gasteiger partial charge in [-0.2, -0.15) is 0 Å². The van der Waals surface area contributed by atoms with Crippen LogP contribution in [0.15, 0.2) is 36.4 Å². The molecule has 0 heterocycles. The third-order valence-corrected chi connectivity index (χ3v) is 3.65. The predicted octanol–water partition coefficient (Wildman–Crippen LogP) is 4.52. The summed E-state index contributed by atoms with van der Waals surface area (Å²) in [7, 11) is 0. The van der Waals surface area contributed by atoms with Crippen molar-refractivity contribution in [3.63, 3.8) is 0 Å². The summed E-state index contributed by atoms with van der Waals surface area (Å²) in [5.74, 6) is 0.422. The minimum absolute atomic E-state index is 0.124. The van der Waals surface area contributed by atoms with E-state index < -0.39 is 0 Å². The first-order valence-electron chi connectivity index (χ1n) is 7.03. The van der Waals surface area contributed by atoms with E-state index in [4.69, 9.17) is 0 Å². The Kier molecular flexibility index (Phi) is 4.23. The van der Waals surface area contributed by atoms with E-state index >= 15 is 0 Å². The number of ketones is 1. The highest BCUT2D eigenvalue weighted by atomic mass is 16.3. The lowest BCUT2D eigenvalue weighted by Crippen LogP contribution is -2.00. The lowest BCUT2D eigenvalue weighted by molar-refractivity contribution is 0.0989. The second kappa shape index (κ2) is 5.91. The van der Waals surface area contributed by atoms with E-state index in [2.05, 4.69) is 0 Å². The molecule has 104 valence electrons. The van der Waals surface area contributed by atoms with Gasteiger partial charge in [0.1, 0.15) is 5.75 Å². The van der Waals surface area contributed by atoms with Crippen LogP contribution in [-0.2, 0) is 6.42 Å². The molecule has 0 aliphatic carbocycles. The van der Waals surface area contributed by atoms with Crippen LogP contribution in [0.5, 0.6) is 5.75 Å². The van der Waals surface area contributed by atoms with Gasteiger partial charge in [0.2, 0.25) is 0 Å². The highest BCUT2D eigenvalue weighted by Crippen LogP contribution is 2.32. The SMILES string of the molecule is CCC(=O)c1ccccc1-c1cc(O)c(CC)cc1C. The van der Waals surface area contributed by atoms with Crippen LogP contribution in [0.2, 0.25) is 0 Å². The number of phenolic OH excluding ortho intramolecular Hbond substituents is 1. The van der Waals surface area contributed by atoms with Crippen molar-refractivity contribution in [2.24, 2.45) is 0 Å². The summed E-state index contributed by atoms with van der Waals surface area (Å²) < 4.78 is 0. The Morgan fingerprint density at radius 3 is 2.45 bits per heavy atom. The van der Waals surface area contributed by atoms with Crippen LogP contribution in [-0.4, -0.2) is 10.9 Å². The van der Waals surface area contributed by atoms with Crippen molar-refractivity contribution in [2.45, 2.75) is 33.6 Å². The topological polar surface area (TPSA) is 37.3 Å². The Bertz CT molecular complexity index is 642. The molecular weight excluding hydrogens is 248 g/mol. The largest absolute Gasteiger partial charge is 0.508 e.